The van der Waals surface area contributed by atoms with Crippen LogP contribution in [0.25, 0.3) is 0 Å². The predicted molar refractivity (Wildman–Crippen MR) is 45.8 cm³/mol. The minimum absolute atomic E-state index is 0.118. The van der Waals surface area contributed by atoms with Gasteiger partial charge in [-0.3, -0.25) is 0 Å². The van der Waals surface area contributed by atoms with Gasteiger partial charge in [-0.1, -0.05) is 0 Å². The van der Waals surface area contributed by atoms with Crippen LogP contribution in [-0.4, -0.2) is 10.7 Å². The molecule has 1 atom stereocenters. The first-order chi connectivity index (χ1) is 6.24. The molecule has 0 heterocycles. The minimum atomic E-state index is -0.281. The normalized spacial score (nSPS) is 11.8. The third-order valence-corrected chi connectivity index (χ3v) is 2.58. The van der Waals surface area contributed by atoms with Crippen molar-refractivity contribution in [3.63, 3.8) is 0 Å². The number of ether oxygens (including phenoxy) is 1. The van der Waals surface area contributed by atoms with Crippen LogP contribution in [0.5, 0.6) is 0 Å². The van der Waals surface area contributed by atoms with Crippen molar-refractivity contribution >= 4 is 5.97 Å². The molecule has 0 aliphatic carbocycles. The van der Waals surface area contributed by atoms with Crippen molar-refractivity contribution in [3.8, 4) is 0 Å². The van der Waals surface area contributed by atoms with Gasteiger partial charge in [-0.05, 0) is 0 Å². The molecule has 0 amide bonds. The van der Waals surface area contributed by atoms with E-state index in [0.29, 0.717) is 5.56 Å². The van der Waals surface area contributed by atoms with E-state index in [1.165, 1.54) is 0 Å². The van der Waals surface area contributed by atoms with E-state index in [2.05, 4.69) is 6.58 Å². The third kappa shape index (κ3) is 3.12. The SMILES string of the molecule is C=C[CH]([Zn])OC(=O)c1ccccc1. The van der Waals surface area contributed by atoms with Gasteiger partial charge in [-0.2, -0.15) is 0 Å². The van der Waals surface area contributed by atoms with Crippen molar-refractivity contribution in [2.24, 2.45) is 0 Å². The molecule has 0 aliphatic rings. The quantitative estimate of drug-likeness (QED) is 0.447. The first kappa shape index (κ1) is 10.1. The summed E-state index contributed by atoms with van der Waals surface area (Å²) >= 11 is 0.877. The van der Waals surface area contributed by atoms with Gasteiger partial charge < -0.3 is 0 Å². The molecule has 0 aliphatic heterocycles. The molecule has 0 saturated heterocycles. The second-order valence-electron chi connectivity index (χ2n) is 2.55. The molecular formula is C10H9O2Zn. The number of hydrogen-bond acceptors (Lipinski definition) is 2. The van der Waals surface area contributed by atoms with Gasteiger partial charge in [0.2, 0.25) is 0 Å². The number of rotatable bonds is 3. The Hall–Kier alpha value is -0.947. The van der Waals surface area contributed by atoms with E-state index in [-0.39, 0.29) is 10.7 Å². The van der Waals surface area contributed by atoms with Gasteiger partial charge in [-0.15, -0.1) is 0 Å². The van der Waals surface area contributed by atoms with Crippen LogP contribution in [0.3, 0.4) is 0 Å². The average Bonchev–Trinajstić information content (AvgIpc) is 2.19. The summed E-state index contributed by atoms with van der Waals surface area (Å²) in [5.74, 6) is -0.281. The van der Waals surface area contributed by atoms with Crippen LogP contribution in [0.2, 0.25) is 0 Å². The Balaban J connectivity index is 2.64. The average molecular weight is 227 g/mol. The Bertz CT molecular complexity index is 295. The summed E-state index contributed by atoms with van der Waals surface area (Å²) < 4.78 is 4.97. The molecule has 3 heteroatoms. The van der Waals surface area contributed by atoms with Crippen LogP contribution < -0.4 is 0 Å². The van der Waals surface area contributed by atoms with Crippen LogP contribution in [0.15, 0.2) is 43.0 Å². The fourth-order valence-electron chi connectivity index (χ4n) is 0.828. The Morgan fingerprint density at radius 2 is 2.08 bits per heavy atom. The number of carbonyl (C=O) groups is 1. The molecule has 1 rings (SSSR count). The van der Waals surface area contributed by atoms with Crippen molar-refractivity contribution in [2.75, 3.05) is 0 Å². The molecule has 0 bridgehead atoms. The molecule has 0 saturated carbocycles. The number of esters is 1. The van der Waals surface area contributed by atoms with Crippen molar-refractivity contribution in [3.05, 3.63) is 48.6 Å². The number of carbonyl (C=O) groups excluding carboxylic acids is 1. The van der Waals surface area contributed by atoms with E-state index in [1.54, 1.807) is 18.2 Å². The molecule has 2 nitrogen and oxygen atoms in total. The van der Waals surface area contributed by atoms with Crippen molar-refractivity contribution in [1.29, 1.82) is 0 Å². The zero-order valence-corrected chi connectivity index (χ0v) is 10.2. The van der Waals surface area contributed by atoms with Gasteiger partial charge >= 0.3 is 87.1 Å². The van der Waals surface area contributed by atoms with Crippen molar-refractivity contribution in [1.82, 2.24) is 0 Å². The molecule has 13 heavy (non-hydrogen) atoms. The molecule has 0 fully saturated rings. The molecule has 1 aromatic carbocycles. The monoisotopic (exact) mass is 225 g/mol. The van der Waals surface area contributed by atoms with Gasteiger partial charge in [0.1, 0.15) is 0 Å². The number of hydrogen-bond donors (Lipinski definition) is 0. The van der Waals surface area contributed by atoms with E-state index >= 15 is 0 Å². The fourth-order valence-corrected chi connectivity index (χ4v) is 1.15. The third-order valence-electron chi connectivity index (χ3n) is 1.53. The molecule has 63 valence electrons. The van der Waals surface area contributed by atoms with Gasteiger partial charge in [0, 0.05) is 0 Å². The fraction of sp³-hybridized carbons (Fsp3) is 0.100. The molecule has 0 spiro atoms. The van der Waals surface area contributed by atoms with E-state index in [4.69, 9.17) is 4.74 Å². The van der Waals surface area contributed by atoms with E-state index in [9.17, 15) is 4.79 Å². The standard InChI is InChI=1S/C10H9O2.Zn/c1-2-8-12-10(11)9-6-4-3-5-7-9;/h2-8H,1H2;. The molecular weight excluding hydrogens is 217 g/mol. The maximum absolute atomic E-state index is 11.4. The Morgan fingerprint density at radius 3 is 2.62 bits per heavy atom. The Kier molecular flexibility index (Phi) is 3.84. The molecule has 0 radical (unpaired) electrons. The molecule has 0 aromatic heterocycles. The summed E-state index contributed by atoms with van der Waals surface area (Å²) in [6.07, 6.45) is 1.64. The summed E-state index contributed by atoms with van der Waals surface area (Å²) in [5, 5.41) is 0. The van der Waals surface area contributed by atoms with Crippen LogP contribution in [0, 0.1) is 0 Å². The zero-order chi connectivity index (χ0) is 9.68. The van der Waals surface area contributed by atoms with Gasteiger partial charge in [-0.25, -0.2) is 0 Å². The second kappa shape index (κ2) is 4.93. The van der Waals surface area contributed by atoms with Crippen LogP contribution in [-0.2, 0) is 23.0 Å². The van der Waals surface area contributed by atoms with Gasteiger partial charge in [0.25, 0.3) is 0 Å². The Morgan fingerprint density at radius 1 is 1.46 bits per heavy atom. The van der Waals surface area contributed by atoms with E-state index < -0.39 is 0 Å². The van der Waals surface area contributed by atoms with Crippen molar-refractivity contribution in [2.45, 2.75) is 4.70 Å². The van der Waals surface area contributed by atoms with Gasteiger partial charge in [0.15, 0.2) is 0 Å². The van der Waals surface area contributed by atoms with Crippen LogP contribution in [0.1, 0.15) is 10.4 Å². The Labute approximate surface area is 87.3 Å². The zero-order valence-electron chi connectivity index (χ0n) is 7.27. The summed E-state index contributed by atoms with van der Waals surface area (Å²) in [7, 11) is 0. The maximum atomic E-state index is 11.4. The van der Waals surface area contributed by atoms with Crippen LogP contribution >= 0.6 is 0 Å². The van der Waals surface area contributed by atoms with Crippen molar-refractivity contribution < 1.29 is 27.8 Å². The summed E-state index contributed by atoms with van der Waals surface area (Å²) in [4.78, 5) is 11.4. The number of benzene rings is 1. The predicted octanol–water partition coefficient (Wildman–Crippen LogP) is 1.90. The second-order valence-corrected chi connectivity index (χ2v) is 4.23. The first-order valence-electron chi connectivity index (χ1n) is 3.95. The molecule has 0 N–H and O–H groups in total. The summed E-state index contributed by atoms with van der Waals surface area (Å²) in [6, 6.07) is 8.95. The first-order valence-corrected chi connectivity index (χ1v) is 5.67. The van der Waals surface area contributed by atoms with E-state index in [1.807, 2.05) is 18.2 Å². The molecule has 1 unspecified atom stereocenters. The van der Waals surface area contributed by atoms with Crippen LogP contribution in [0.4, 0.5) is 0 Å². The summed E-state index contributed by atoms with van der Waals surface area (Å²) in [6.45, 7) is 3.56. The topological polar surface area (TPSA) is 26.3 Å². The molecule has 1 aromatic rings. The van der Waals surface area contributed by atoms with E-state index in [0.717, 1.165) is 18.3 Å². The van der Waals surface area contributed by atoms with Gasteiger partial charge in [0.05, 0.1) is 0 Å². The summed E-state index contributed by atoms with van der Waals surface area (Å²) in [5.41, 5.74) is 0.586.